The van der Waals surface area contributed by atoms with Crippen LogP contribution in [-0.4, -0.2) is 85.8 Å². The Morgan fingerprint density at radius 1 is 1.19 bits per heavy atom. The molecular weight excluding hydrogens is 615 g/mol. The number of anilines is 1. The average Bonchev–Trinajstić information content (AvgIpc) is 3.46. The molecule has 2 aliphatic heterocycles. The number of ether oxygens (including phenoxy) is 1. The number of hydrogen-bond donors (Lipinski definition) is 3. The number of β-lactam (4-membered cyclic amide) rings is 1. The van der Waals surface area contributed by atoms with Gasteiger partial charge in [0.15, 0.2) is 16.9 Å². The molecule has 0 radical (unpaired) electrons. The van der Waals surface area contributed by atoms with Crippen molar-refractivity contribution in [2.24, 2.45) is 5.16 Å². The second kappa shape index (κ2) is 13.1. The molecule has 15 heteroatoms. The van der Waals surface area contributed by atoms with E-state index in [-0.39, 0.29) is 28.8 Å². The summed E-state index contributed by atoms with van der Waals surface area (Å²) in [6.07, 6.45) is 1.01. The summed E-state index contributed by atoms with van der Waals surface area (Å²) in [5.41, 5.74) is 7.12. The average molecular weight is 642 g/mol. The van der Waals surface area contributed by atoms with Gasteiger partial charge in [0, 0.05) is 17.7 Å². The molecule has 2 fully saturated rings. The zero-order chi connectivity index (χ0) is 30.6. The normalized spacial score (nSPS) is 21.5. The summed E-state index contributed by atoms with van der Waals surface area (Å²) in [7, 11) is 0. The molecule has 43 heavy (non-hydrogen) atoms. The number of amides is 2. The molecule has 3 atom stereocenters. The van der Waals surface area contributed by atoms with Gasteiger partial charge in [0.25, 0.3) is 5.91 Å². The van der Waals surface area contributed by atoms with Crippen molar-refractivity contribution in [2.45, 2.75) is 22.3 Å². The number of oxime groups is 1. The van der Waals surface area contributed by atoms with E-state index in [1.54, 1.807) is 6.26 Å². The number of esters is 1. The Bertz CT molecular complexity index is 1500. The summed E-state index contributed by atoms with van der Waals surface area (Å²) < 4.78 is 4.61. The zero-order valence-electron chi connectivity index (χ0n) is 22.7. The predicted molar refractivity (Wildman–Crippen MR) is 164 cm³/mol. The molecule has 4 N–H and O–H groups in total. The minimum absolute atomic E-state index is 0.0358. The van der Waals surface area contributed by atoms with Gasteiger partial charge in [-0.15, -0.1) is 34.9 Å². The van der Waals surface area contributed by atoms with Crippen LogP contribution in [0.2, 0.25) is 0 Å². The van der Waals surface area contributed by atoms with Gasteiger partial charge in [0.2, 0.25) is 12.5 Å². The van der Waals surface area contributed by atoms with E-state index in [4.69, 9.17) is 15.3 Å². The second-order valence-electron chi connectivity index (χ2n) is 9.60. The summed E-state index contributed by atoms with van der Waals surface area (Å²) in [6.45, 7) is -0.568. The fourth-order valence-corrected chi connectivity index (χ4v) is 7.66. The number of nitrogens with zero attached hydrogens (tertiary/aromatic N) is 3. The first-order valence-electron chi connectivity index (χ1n) is 12.9. The van der Waals surface area contributed by atoms with Crippen LogP contribution in [0.25, 0.3) is 0 Å². The Morgan fingerprint density at radius 3 is 2.40 bits per heavy atom. The number of benzene rings is 2. The molecule has 2 saturated heterocycles. The quantitative estimate of drug-likeness (QED) is 0.121. The molecule has 2 aliphatic rings. The van der Waals surface area contributed by atoms with E-state index in [0.717, 1.165) is 22.5 Å². The number of aromatic nitrogens is 1. The molecule has 1 aromatic heterocycles. The van der Waals surface area contributed by atoms with Gasteiger partial charge in [0.1, 0.15) is 21.9 Å². The molecule has 2 aromatic carbocycles. The lowest BCUT2D eigenvalue weighted by Crippen LogP contribution is -2.74. The number of aliphatic carboxylic acids is 1. The van der Waals surface area contributed by atoms with Gasteiger partial charge in [-0.05, 0) is 17.4 Å². The smallest absolute Gasteiger partial charge is 0.347 e. The molecule has 12 nitrogen and oxygen atoms in total. The molecule has 0 aliphatic carbocycles. The van der Waals surface area contributed by atoms with Crippen LogP contribution in [-0.2, 0) is 28.8 Å². The predicted octanol–water partition coefficient (Wildman–Crippen LogP) is 2.37. The number of nitrogens with two attached hydrogens (primary N) is 1. The molecule has 0 saturated carbocycles. The lowest BCUT2D eigenvalue weighted by molar-refractivity contribution is -0.153. The fourth-order valence-electron chi connectivity index (χ4n) is 4.60. The highest BCUT2D eigenvalue weighted by Gasteiger charge is 2.57. The monoisotopic (exact) mass is 641 g/mol. The van der Waals surface area contributed by atoms with Crippen molar-refractivity contribution < 1.29 is 33.9 Å². The third-order valence-corrected chi connectivity index (χ3v) is 10.5. The number of carboxylic acids is 1. The van der Waals surface area contributed by atoms with Gasteiger partial charge in [0.05, 0.1) is 0 Å². The minimum atomic E-state index is -1.11. The van der Waals surface area contributed by atoms with Crippen molar-refractivity contribution in [1.29, 1.82) is 0 Å². The van der Waals surface area contributed by atoms with Crippen LogP contribution in [0.5, 0.6) is 0 Å². The van der Waals surface area contributed by atoms with Crippen LogP contribution >= 0.6 is 34.9 Å². The number of thioether (sulfide) groups is 2. The second-order valence-corrected chi connectivity index (χ2v) is 12.8. The van der Waals surface area contributed by atoms with Crippen molar-refractivity contribution >= 4 is 69.5 Å². The number of rotatable bonds is 11. The van der Waals surface area contributed by atoms with Crippen molar-refractivity contribution in [2.75, 3.05) is 30.9 Å². The summed E-state index contributed by atoms with van der Waals surface area (Å²) in [5, 5.41) is 17.5. The van der Waals surface area contributed by atoms with Crippen LogP contribution in [0, 0.1) is 0 Å². The maximum atomic E-state index is 13.3. The Hall–Kier alpha value is -4.08. The van der Waals surface area contributed by atoms with Gasteiger partial charge >= 0.3 is 11.9 Å². The number of carbonyl (C=O) groups excluding carboxylic acids is 3. The van der Waals surface area contributed by atoms with Crippen LogP contribution in [0.3, 0.4) is 0 Å². The molecule has 5 rings (SSSR count). The van der Waals surface area contributed by atoms with Gasteiger partial charge in [-0.2, -0.15) is 0 Å². The maximum Gasteiger partial charge on any atom is 0.347 e. The van der Waals surface area contributed by atoms with Gasteiger partial charge < -0.3 is 30.6 Å². The van der Waals surface area contributed by atoms with E-state index in [2.05, 4.69) is 15.5 Å². The standard InChI is InChI=1S/C28H27N5O7S3/c1-41-28(26(37)38)14-33-24(36)21(25(33)43-15-28)31-23(35)20(18-13-42-27(29)30-18)32-39-12-19(34)40-22(16-8-4-2-5-9-16)17-10-6-3-7-11-17/h2-11,13,21-22,25H,12,14-15H2,1H3,(H2,29,30)(H,31,35)(H,37,38)/t21?,25-,28?/m1/s1. The lowest BCUT2D eigenvalue weighted by atomic mass is 10.0. The largest absolute Gasteiger partial charge is 0.480 e. The number of carboxylic acid groups (broad SMARTS) is 1. The fraction of sp³-hybridized carbons (Fsp3) is 0.286. The summed E-state index contributed by atoms with van der Waals surface area (Å²) in [4.78, 5) is 61.6. The van der Waals surface area contributed by atoms with Crippen LogP contribution in [0.15, 0.2) is 71.2 Å². The van der Waals surface area contributed by atoms with Crippen LogP contribution < -0.4 is 11.1 Å². The molecule has 224 valence electrons. The molecule has 3 aromatic rings. The molecule has 2 unspecified atom stereocenters. The molecule has 2 amide bonds. The number of thiazole rings is 1. The van der Waals surface area contributed by atoms with Gasteiger partial charge in [-0.3, -0.25) is 14.4 Å². The topological polar surface area (TPSA) is 174 Å². The molecular formula is C28H27N5O7S3. The highest BCUT2D eigenvalue weighted by atomic mass is 32.2. The summed E-state index contributed by atoms with van der Waals surface area (Å²) >= 11 is 3.54. The Kier molecular flexibility index (Phi) is 9.22. The summed E-state index contributed by atoms with van der Waals surface area (Å²) in [6, 6.07) is 17.6. The van der Waals surface area contributed by atoms with Crippen molar-refractivity contribution in [3.8, 4) is 0 Å². The van der Waals surface area contributed by atoms with Crippen molar-refractivity contribution in [3.05, 3.63) is 82.9 Å². The van der Waals surface area contributed by atoms with E-state index in [0.29, 0.717) is 0 Å². The molecule has 0 spiro atoms. The zero-order valence-corrected chi connectivity index (χ0v) is 25.2. The SMILES string of the molecule is CSC1(C(=O)O)CS[C@@H]2C(NC(=O)C(=NOCC(=O)OC(c3ccccc3)c3ccccc3)c3csc(N)n3)C(=O)N2C1. The lowest BCUT2D eigenvalue weighted by Gasteiger charge is -2.53. The van der Waals surface area contributed by atoms with Crippen LogP contribution in [0.1, 0.15) is 22.9 Å². The van der Waals surface area contributed by atoms with E-state index in [1.807, 2.05) is 60.7 Å². The first-order chi connectivity index (χ1) is 20.7. The molecule has 3 heterocycles. The van der Waals surface area contributed by atoms with E-state index >= 15 is 0 Å². The van der Waals surface area contributed by atoms with Gasteiger partial charge in [-0.25, -0.2) is 9.78 Å². The third-order valence-electron chi connectivity index (χ3n) is 6.89. The Labute approximate surface area is 259 Å². The van der Waals surface area contributed by atoms with E-state index in [9.17, 15) is 24.3 Å². The minimum Gasteiger partial charge on any atom is -0.480 e. The van der Waals surface area contributed by atoms with E-state index in [1.165, 1.54) is 33.8 Å². The van der Waals surface area contributed by atoms with Crippen molar-refractivity contribution in [3.63, 3.8) is 0 Å². The first kappa shape index (κ1) is 30.4. The van der Waals surface area contributed by atoms with Crippen molar-refractivity contribution in [1.82, 2.24) is 15.2 Å². The van der Waals surface area contributed by atoms with E-state index < -0.39 is 52.6 Å². The number of carbonyl (C=O) groups is 4. The summed E-state index contributed by atoms with van der Waals surface area (Å²) in [5.74, 6) is -2.61. The number of hydrogen-bond acceptors (Lipinski definition) is 12. The number of nitrogen functional groups attached to an aromatic ring is 1. The van der Waals surface area contributed by atoms with Crippen LogP contribution in [0.4, 0.5) is 5.13 Å². The number of fused-ring (bicyclic) bond motifs is 1. The Morgan fingerprint density at radius 2 is 1.84 bits per heavy atom. The van der Waals surface area contributed by atoms with Gasteiger partial charge in [-0.1, -0.05) is 65.8 Å². The highest BCUT2D eigenvalue weighted by molar-refractivity contribution is 8.04. The highest BCUT2D eigenvalue weighted by Crippen LogP contribution is 2.43. The Balaban J connectivity index is 1.26. The first-order valence-corrected chi connectivity index (χ1v) is 16.1. The third kappa shape index (κ3) is 6.48. The molecule has 0 bridgehead atoms. The number of nitrogens with one attached hydrogen (secondary N) is 1. The maximum absolute atomic E-state index is 13.3.